The molecule has 2 heterocycles. The highest BCUT2D eigenvalue weighted by molar-refractivity contribution is 7.43. The Labute approximate surface area is 169 Å². The highest BCUT2D eigenvalue weighted by Gasteiger charge is 2.28. The molecule has 13 heteroatoms. The molecular weight excluding hydrogens is 424 g/mol. The monoisotopic (exact) mass is 447 g/mol. The van der Waals surface area contributed by atoms with Gasteiger partial charge in [0, 0.05) is 17.6 Å². The van der Waals surface area contributed by atoms with Crippen LogP contribution in [0.1, 0.15) is 29.2 Å². The highest BCUT2D eigenvalue weighted by atomic mass is 31.2. The van der Waals surface area contributed by atoms with Crippen molar-refractivity contribution < 1.29 is 44.3 Å². The van der Waals surface area contributed by atoms with Gasteiger partial charge in [-0.2, -0.15) is 0 Å². The van der Waals surface area contributed by atoms with Crippen LogP contribution in [-0.2, 0) is 4.57 Å². The van der Waals surface area contributed by atoms with Gasteiger partial charge in [-0.25, -0.2) is 9.18 Å². The van der Waals surface area contributed by atoms with Crippen LogP contribution in [0.2, 0.25) is 0 Å². The van der Waals surface area contributed by atoms with Crippen LogP contribution in [0.3, 0.4) is 0 Å². The van der Waals surface area contributed by atoms with Gasteiger partial charge in [0.05, 0.1) is 37.4 Å². The van der Waals surface area contributed by atoms with Crippen molar-refractivity contribution in [3.8, 4) is 0 Å². The molecule has 1 aliphatic heterocycles. The number of pyridine rings is 1. The first-order valence-electron chi connectivity index (χ1n) is 9.01. The zero-order valence-corrected chi connectivity index (χ0v) is 16.7. The van der Waals surface area contributed by atoms with Gasteiger partial charge in [-0.1, -0.05) is 0 Å². The number of aromatic nitrogens is 1. The summed E-state index contributed by atoms with van der Waals surface area (Å²) in [7, 11) is -4.89. The molecule has 2 aromatic rings. The molecule has 1 aliphatic carbocycles. The van der Waals surface area contributed by atoms with Gasteiger partial charge < -0.3 is 40.0 Å². The van der Waals surface area contributed by atoms with E-state index in [4.69, 9.17) is 19.2 Å². The molecule has 1 aromatic heterocycles. The van der Waals surface area contributed by atoms with Gasteiger partial charge >= 0.3 is 5.97 Å². The molecule has 2 fully saturated rings. The summed E-state index contributed by atoms with van der Waals surface area (Å²) in [6, 6.07) is 3.11. The molecule has 1 saturated heterocycles. The number of nitrogens with zero attached hydrogens (tertiary/aromatic N) is 2. The fourth-order valence-electron chi connectivity index (χ4n) is 3.40. The summed E-state index contributed by atoms with van der Waals surface area (Å²) in [5.74, 6) is -1.74. The Bertz CT molecular complexity index is 1040. The smallest absolute Gasteiger partial charge is 0.341 e. The molecule has 7 N–H and O–H groups in total. The lowest BCUT2D eigenvalue weighted by Gasteiger charge is -2.28. The standard InChI is InChI=1S/C17H18FN3O3.H3O4P.H2O/c18-13-7-11-14(8-15(13)20-5-3-19-4-6-20)21(10-1-2-10)9-12(16(11)22)17(23)24;1-5(2,3)4;/h7-10,19H,1-6H2,(H,23,24);(H3,1,2,3,4);1H2. The number of anilines is 1. The second kappa shape index (κ2) is 9.21. The number of aromatic carboxylic acids is 1. The number of phosphoric acid groups is 1. The molecule has 11 nitrogen and oxygen atoms in total. The van der Waals surface area contributed by atoms with Crippen LogP contribution in [0.25, 0.3) is 10.9 Å². The fraction of sp³-hybridized carbons (Fsp3) is 0.412. The largest absolute Gasteiger partial charge is 0.756 e. The molecule has 0 bridgehead atoms. The van der Waals surface area contributed by atoms with Crippen LogP contribution in [0.4, 0.5) is 10.1 Å². The second-order valence-electron chi connectivity index (χ2n) is 6.98. The predicted molar refractivity (Wildman–Crippen MR) is 103 cm³/mol. The Morgan fingerprint density at radius 3 is 2.30 bits per heavy atom. The zero-order valence-electron chi connectivity index (χ0n) is 15.8. The van der Waals surface area contributed by atoms with E-state index in [-0.39, 0.29) is 22.5 Å². The van der Waals surface area contributed by atoms with Gasteiger partial charge in [0.2, 0.25) is 5.43 Å². The second-order valence-corrected chi connectivity index (χ2v) is 7.96. The van der Waals surface area contributed by atoms with Gasteiger partial charge in [-0.15, -0.1) is 0 Å². The van der Waals surface area contributed by atoms with Crippen molar-refractivity contribution in [2.24, 2.45) is 0 Å². The van der Waals surface area contributed by atoms with Crippen molar-refractivity contribution in [1.82, 2.24) is 4.57 Å². The summed E-state index contributed by atoms with van der Waals surface area (Å²) in [5, 5.41) is 11.6. The van der Waals surface area contributed by atoms with Crippen LogP contribution in [0.15, 0.2) is 23.1 Å². The number of quaternary nitrogens is 1. The normalized spacial score (nSPS) is 16.5. The molecular formula is C17H23FN3O8P. The van der Waals surface area contributed by atoms with Crippen molar-refractivity contribution in [3.63, 3.8) is 0 Å². The fourth-order valence-corrected chi connectivity index (χ4v) is 3.40. The van der Waals surface area contributed by atoms with Gasteiger partial charge in [0.1, 0.15) is 11.4 Å². The Balaban J connectivity index is 0.000000482. The molecule has 1 saturated carbocycles. The lowest BCUT2D eigenvalue weighted by atomic mass is 10.1. The molecule has 4 rings (SSSR count). The molecule has 1 aromatic carbocycles. The highest BCUT2D eigenvalue weighted by Crippen LogP contribution is 2.38. The number of rotatable bonds is 3. The minimum absolute atomic E-state index is 0. The minimum atomic E-state index is -4.89. The first-order valence-corrected chi connectivity index (χ1v) is 10.5. The molecule has 2 aliphatic rings. The molecule has 0 unspecified atom stereocenters. The van der Waals surface area contributed by atoms with Crippen molar-refractivity contribution in [2.75, 3.05) is 31.1 Å². The van der Waals surface area contributed by atoms with Crippen molar-refractivity contribution in [1.29, 1.82) is 0 Å². The lowest BCUT2D eigenvalue weighted by Crippen LogP contribution is -2.89. The average molecular weight is 447 g/mol. The first-order chi connectivity index (χ1) is 13.6. The van der Waals surface area contributed by atoms with Crippen LogP contribution in [0.5, 0.6) is 0 Å². The van der Waals surface area contributed by atoms with Crippen molar-refractivity contribution in [2.45, 2.75) is 18.9 Å². The SMILES string of the molecule is O.O=C(O)c1cn(C2CC2)c2cc(N3CC[NH2+]CC3)c(F)cc2c1=O.O=P([O-])(O)O. The number of piperazine rings is 1. The number of hydrogen-bond donors (Lipinski definition) is 4. The van der Waals surface area contributed by atoms with E-state index in [2.05, 4.69) is 5.32 Å². The molecule has 0 amide bonds. The van der Waals surface area contributed by atoms with E-state index < -0.39 is 25.0 Å². The minimum Gasteiger partial charge on any atom is -0.756 e. The maximum absolute atomic E-state index is 14.6. The summed E-state index contributed by atoms with van der Waals surface area (Å²) in [5.41, 5.74) is 0.201. The molecule has 0 radical (unpaired) electrons. The molecule has 0 spiro atoms. The Morgan fingerprint density at radius 2 is 1.80 bits per heavy atom. The van der Waals surface area contributed by atoms with Crippen LogP contribution < -0.4 is 20.5 Å². The summed E-state index contributed by atoms with van der Waals surface area (Å²) in [6.45, 7) is 3.32. The Kier molecular flexibility index (Phi) is 7.35. The molecule has 30 heavy (non-hydrogen) atoms. The number of carbonyl (C=O) groups is 1. The third-order valence-electron chi connectivity index (χ3n) is 4.82. The van der Waals surface area contributed by atoms with Crippen molar-refractivity contribution >= 4 is 30.4 Å². The number of carboxylic acids is 1. The number of hydrogen-bond acceptors (Lipinski definition) is 5. The van der Waals surface area contributed by atoms with E-state index in [1.54, 1.807) is 6.07 Å². The summed E-state index contributed by atoms with van der Waals surface area (Å²) >= 11 is 0. The number of fused-ring (bicyclic) bond motifs is 1. The van der Waals surface area contributed by atoms with E-state index in [1.807, 2.05) is 9.47 Å². The number of nitrogens with two attached hydrogens (primary N) is 1. The van der Waals surface area contributed by atoms with Gasteiger partial charge in [-0.05, 0) is 25.0 Å². The average Bonchev–Trinajstić information content (AvgIpc) is 3.46. The topological polar surface area (TPSA) is 191 Å². The van der Waals surface area contributed by atoms with E-state index in [0.29, 0.717) is 11.2 Å². The van der Waals surface area contributed by atoms with E-state index in [9.17, 15) is 19.1 Å². The third-order valence-corrected chi connectivity index (χ3v) is 4.82. The third kappa shape index (κ3) is 5.63. The quantitative estimate of drug-likeness (QED) is 0.395. The maximum Gasteiger partial charge on any atom is 0.341 e. The Morgan fingerprint density at radius 1 is 1.23 bits per heavy atom. The van der Waals surface area contributed by atoms with E-state index in [0.717, 1.165) is 39.0 Å². The molecule has 166 valence electrons. The Hall–Kier alpha value is -2.34. The van der Waals surface area contributed by atoms with Gasteiger partial charge in [0.15, 0.2) is 0 Å². The lowest BCUT2D eigenvalue weighted by molar-refractivity contribution is -0.655. The summed E-state index contributed by atoms with van der Waals surface area (Å²) < 4.78 is 25.2. The first kappa shape index (κ1) is 23.9. The summed E-state index contributed by atoms with van der Waals surface area (Å²) in [6.07, 6.45) is 3.31. The van der Waals surface area contributed by atoms with E-state index >= 15 is 0 Å². The summed E-state index contributed by atoms with van der Waals surface area (Å²) in [4.78, 5) is 48.7. The van der Waals surface area contributed by atoms with Crippen LogP contribution >= 0.6 is 7.82 Å². The van der Waals surface area contributed by atoms with E-state index in [1.165, 1.54) is 12.3 Å². The predicted octanol–water partition coefficient (Wildman–Crippen LogP) is -1.83. The number of carboxylic acid groups (broad SMARTS) is 1. The molecule has 0 atom stereocenters. The van der Waals surface area contributed by atoms with Gasteiger partial charge in [-0.3, -0.25) is 9.36 Å². The number of benzene rings is 1. The maximum atomic E-state index is 14.6. The number of halogens is 1. The van der Waals surface area contributed by atoms with Gasteiger partial charge in [0.25, 0.3) is 7.82 Å². The van der Waals surface area contributed by atoms with Crippen LogP contribution in [0, 0.1) is 5.82 Å². The zero-order chi connectivity index (χ0) is 21.3. The van der Waals surface area contributed by atoms with Crippen molar-refractivity contribution in [3.05, 3.63) is 39.9 Å². The van der Waals surface area contributed by atoms with Crippen LogP contribution in [-0.4, -0.2) is 57.1 Å².